The summed E-state index contributed by atoms with van der Waals surface area (Å²) in [5.41, 5.74) is 3.80. The molecule has 1 aromatic heterocycles. The van der Waals surface area contributed by atoms with Crippen LogP contribution in [0.5, 0.6) is 0 Å². The molecule has 18 heavy (non-hydrogen) atoms. The number of hydrogen-bond acceptors (Lipinski definition) is 5. The Morgan fingerprint density at radius 1 is 1.28 bits per heavy atom. The van der Waals surface area contributed by atoms with Crippen LogP contribution in [0.4, 0.5) is 5.69 Å². The normalized spacial score (nSPS) is 11.4. The minimum absolute atomic E-state index is 0.340. The highest BCUT2D eigenvalue weighted by molar-refractivity contribution is 7.90. The Kier molecular flexibility index (Phi) is 3.98. The second-order valence-corrected chi connectivity index (χ2v) is 6.69. The molecule has 0 aliphatic carbocycles. The first kappa shape index (κ1) is 13.0. The summed E-state index contributed by atoms with van der Waals surface area (Å²) in [7, 11) is -3.11. The number of benzene rings is 1. The Morgan fingerprint density at radius 2 is 2.00 bits per heavy atom. The van der Waals surface area contributed by atoms with E-state index in [2.05, 4.69) is 10.3 Å². The number of hydrogen-bond donors (Lipinski definition) is 1. The summed E-state index contributed by atoms with van der Waals surface area (Å²) in [6.45, 7) is 0.780. The van der Waals surface area contributed by atoms with Crippen LogP contribution < -0.4 is 5.32 Å². The molecule has 0 unspecified atom stereocenters. The third-order valence-corrected chi connectivity index (χ3v) is 4.24. The Balaban J connectivity index is 1.91. The summed E-state index contributed by atoms with van der Waals surface area (Å²) in [6, 6.07) is 6.77. The highest BCUT2D eigenvalue weighted by Gasteiger charge is 2.05. The summed E-state index contributed by atoms with van der Waals surface area (Å²) >= 11 is 1.58. The zero-order valence-electron chi connectivity index (χ0n) is 9.96. The lowest BCUT2D eigenvalue weighted by molar-refractivity contribution is 0.602. The van der Waals surface area contributed by atoms with E-state index in [4.69, 9.17) is 0 Å². The predicted molar refractivity (Wildman–Crippen MR) is 73.9 cm³/mol. The monoisotopic (exact) mass is 282 g/mol. The lowest BCUT2D eigenvalue weighted by atomic mass is 10.3. The van der Waals surface area contributed by atoms with Crippen LogP contribution in [-0.4, -0.2) is 26.2 Å². The Labute approximate surface area is 111 Å². The van der Waals surface area contributed by atoms with Gasteiger partial charge in [-0.25, -0.2) is 13.4 Å². The molecule has 1 aromatic carbocycles. The standard InChI is InChI=1S/C12H14N2O2S2/c1-18(15,16)12-4-2-10(3-5-12)13-7-6-11-8-17-9-14-11/h2-5,8-9,13H,6-7H2,1H3. The minimum Gasteiger partial charge on any atom is -0.385 e. The zero-order chi connectivity index (χ0) is 13.0. The average molecular weight is 282 g/mol. The molecule has 2 rings (SSSR count). The topological polar surface area (TPSA) is 59.1 Å². The van der Waals surface area contributed by atoms with E-state index in [1.165, 1.54) is 6.26 Å². The molecule has 6 heteroatoms. The number of nitrogens with one attached hydrogen (secondary N) is 1. The molecule has 0 amide bonds. The van der Waals surface area contributed by atoms with E-state index in [0.717, 1.165) is 24.3 Å². The lowest BCUT2D eigenvalue weighted by Crippen LogP contribution is -2.05. The van der Waals surface area contributed by atoms with Crippen LogP contribution in [-0.2, 0) is 16.3 Å². The van der Waals surface area contributed by atoms with Crippen LogP contribution in [0.3, 0.4) is 0 Å². The van der Waals surface area contributed by atoms with Gasteiger partial charge in [-0.3, -0.25) is 0 Å². The van der Waals surface area contributed by atoms with Gasteiger partial charge in [0.25, 0.3) is 0 Å². The Bertz CT molecular complexity index is 590. The summed E-state index contributed by atoms with van der Waals surface area (Å²) in [6.07, 6.45) is 2.06. The van der Waals surface area contributed by atoms with E-state index in [1.807, 2.05) is 10.9 Å². The Hall–Kier alpha value is -1.40. The van der Waals surface area contributed by atoms with Gasteiger partial charge in [-0.15, -0.1) is 11.3 Å². The first-order chi connectivity index (χ1) is 8.55. The van der Waals surface area contributed by atoms with Crippen molar-refractivity contribution in [3.05, 3.63) is 40.8 Å². The van der Waals surface area contributed by atoms with Crippen molar-refractivity contribution in [1.82, 2.24) is 4.98 Å². The van der Waals surface area contributed by atoms with Gasteiger partial charge in [-0.05, 0) is 24.3 Å². The van der Waals surface area contributed by atoms with Crippen molar-refractivity contribution in [1.29, 1.82) is 0 Å². The van der Waals surface area contributed by atoms with E-state index >= 15 is 0 Å². The van der Waals surface area contributed by atoms with E-state index in [-0.39, 0.29) is 0 Å². The highest BCUT2D eigenvalue weighted by atomic mass is 32.2. The molecule has 0 aliphatic heterocycles. The maximum atomic E-state index is 11.3. The van der Waals surface area contributed by atoms with Gasteiger partial charge in [0.15, 0.2) is 9.84 Å². The molecule has 0 radical (unpaired) electrons. The number of rotatable bonds is 5. The largest absolute Gasteiger partial charge is 0.385 e. The Morgan fingerprint density at radius 3 is 2.56 bits per heavy atom. The van der Waals surface area contributed by atoms with Gasteiger partial charge >= 0.3 is 0 Å². The third kappa shape index (κ3) is 3.54. The van der Waals surface area contributed by atoms with E-state index in [9.17, 15) is 8.42 Å². The third-order valence-electron chi connectivity index (χ3n) is 2.48. The zero-order valence-corrected chi connectivity index (χ0v) is 11.6. The van der Waals surface area contributed by atoms with Gasteiger partial charge in [0.1, 0.15) is 0 Å². The van der Waals surface area contributed by atoms with Crippen LogP contribution in [0.25, 0.3) is 0 Å². The molecule has 1 N–H and O–H groups in total. The summed E-state index contributed by atoms with van der Waals surface area (Å²) in [4.78, 5) is 4.53. The second kappa shape index (κ2) is 5.49. The quantitative estimate of drug-likeness (QED) is 0.913. The summed E-state index contributed by atoms with van der Waals surface area (Å²) in [5, 5.41) is 5.25. The molecule has 4 nitrogen and oxygen atoms in total. The van der Waals surface area contributed by atoms with E-state index in [0.29, 0.717) is 4.90 Å². The fraction of sp³-hybridized carbons (Fsp3) is 0.250. The number of anilines is 1. The summed E-state index contributed by atoms with van der Waals surface area (Å²) in [5.74, 6) is 0. The van der Waals surface area contributed by atoms with Crippen molar-refractivity contribution in [2.75, 3.05) is 18.1 Å². The molecule has 0 fully saturated rings. The molecular formula is C12H14N2O2S2. The van der Waals surface area contributed by atoms with Crippen molar-refractivity contribution in [2.45, 2.75) is 11.3 Å². The number of thiazole rings is 1. The van der Waals surface area contributed by atoms with E-state index in [1.54, 1.807) is 35.6 Å². The van der Waals surface area contributed by atoms with Crippen molar-refractivity contribution in [2.24, 2.45) is 0 Å². The van der Waals surface area contributed by atoms with Crippen LogP contribution in [0.1, 0.15) is 5.69 Å². The molecule has 0 bridgehead atoms. The van der Waals surface area contributed by atoms with Crippen molar-refractivity contribution in [3.63, 3.8) is 0 Å². The minimum atomic E-state index is -3.11. The summed E-state index contributed by atoms with van der Waals surface area (Å²) < 4.78 is 22.6. The van der Waals surface area contributed by atoms with Gasteiger partial charge in [-0.1, -0.05) is 0 Å². The van der Waals surface area contributed by atoms with Gasteiger partial charge in [-0.2, -0.15) is 0 Å². The lowest BCUT2D eigenvalue weighted by Gasteiger charge is -2.06. The molecular weight excluding hydrogens is 268 g/mol. The van der Waals surface area contributed by atoms with Gasteiger partial charge in [0.2, 0.25) is 0 Å². The van der Waals surface area contributed by atoms with Crippen molar-refractivity contribution in [3.8, 4) is 0 Å². The number of sulfone groups is 1. The molecule has 0 atom stereocenters. The molecule has 0 spiro atoms. The highest BCUT2D eigenvalue weighted by Crippen LogP contribution is 2.13. The fourth-order valence-electron chi connectivity index (χ4n) is 1.52. The van der Waals surface area contributed by atoms with Crippen LogP contribution >= 0.6 is 11.3 Å². The maximum absolute atomic E-state index is 11.3. The molecule has 2 aromatic rings. The molecule has 0 aliphatic rings. The van der Waals surface area contributed by atoms with Crippen LogP contribution in [0, 0.1) is 0 Å². The molecule has 0 saturated carbocycles. The van der Waals surface area contributed by atoms with Crippen LogP contribution in [0.2, 0.25) is 0 Å². The number of aromatic nitrogens is 1. The fourth-order valence-corrected chi connectivity index (χ4v) is 2.74. The maximum Gasteiger partial charge on any atom is 0.175 e. The number of nitrogens with zero attached hydrogens (tertiary/aromatic N) is 1. The smallest absolute Gasteiger partial charge is 0.175 e. The van der Waals surface area contributed by atoms with Gasteiger partial charge in [0.05, 0.1) is 16.1 Å². The molecule has 0 saturated heterocycles. The van der Waals surface area contributed by atoms with Crippen molar-refractivity contribution < 1.29 is 8.42 Å². The predicted octanol–water partition coefficient (Wildman–Crippen LogP) is 2.20. The first-order valence-electron chi connectivity index (χ1n) is 5.47. The van der Waals surface area contributed by atoms with Crippen LogP contribution in [0.15, 0.2) is 40.1 Å². The van der Waals surface area contributed by atoms with Gasteiger partial charge in [0, 0.05) is 30.3 Å². The second-order valence-electron chi connectivity index (χ2n) is 3.95. The van der Waals surface area contributed by atoms with Crippen molar-refractivity contribution >= 4 is 26.9 Å². The molecule has 96 valence electrons. The first-order valence-corrected chi connectivity index (χ1v) is 8.30. The van der Waals surface area contributed by atoms with E-state index < -0.39 is 9.84 Å². The average Bonchev–Trinajstić information content (AvgIpc) is 2.82. The van der Waals surface area contributed by atoms with Gasteiger partial charge < -0.3 is 5.32 Å². The SMILES string of the molecule is CS(=O)(=O)c1ccc(NCCc2cscn2)cc1. The molecule has 1 heterocycles.